The Morgan fingerprint density at radius 2 is 1.93 bits per heavy atom. The Labute approximate surface area is 79.5 Å². The lowest BCUT2D eigenvalue weighted by Gasteiger charge is -1.98. The second kappa shape index (κ2) is 6.99. The fourth-order valence-corrected chi connectivity index (χ4v) is 0.533. The standard InChI is InChI=1S/C8H10F2O4/c1-13-7(11)8(12)14-5-3-2-4-6(9)10/h2-3,6H,4-5H2,1H3/b3-2+. The molecule has 0 bridgehead atoms. The summed E-state index contributed by atoms with van der Waals surface area (Å²) in [6, 6.07) is 0. The van der Waals surface area contributed by atoms with Gasteiger partial charge in [-0.25, -0.2) is 18.4 Å². The molecule has 4 nitrogen and oxygen atoms in total. The van der Waals surface area contributed by atoms with E-state index in [0.29, 0.717) is 0 Å². The first-order chi connectivity index (χ1) is 6.57. The van der Waals surface area contributed by atoms with Gasteiger partial charge in [-0.15, -0.1) is 0 Å². The third-order valence-corrected chi connectivity index (χ3v) is 1.14. The van der Waals surface area contributed by atoms with Crippen molar-refractivity contribution in [2.45, 2.75) is 12.8 Å². The van der Waals surface area contributed by atoms with Crippen LogP contribution in [0.3, 0.4) is 0 Å². The molecule has 0 aromatic rings. The second-order valence-corrected chi connectivity index (χ2v) is 2.19. The monoisotopic (exact) mass is 208 g/mol. The molecule has 0 heterocycles. The van der Waals surface area contributed by atoms with Crippen molar-refractivity contribution in [3.63, 3.8) is 0 Å². The average molecular weight is 208 g/mol. The van der Waals surface area contributed by atoms with Crippen LogP contribution >= 0.6 is 0 Å². The molecule has 0 saturated carbocycles. The Balaban J connectivity index is 3.59. The van der Waals surface area contributed by atoms with E-state index in [1.165, 1.54) is 6.08 Å². The molecule has 0 saturated heterocycles. The van der Waals surface area contributed by atoms with E-state index in [1.54, 1.807) is 0 Å². The number of hydrogen-bond donors (Lipinski definition) is 0. The first-order valence-corrected chi connectivity index (χ1v) is 3.76. The third kappa shape index (κ3) is 6.10. The van der Waals surface area contributed by atoms with Crippen LogP contribution in [0, 0.1) is 0 Å². The third-order valence-electron chi connectivity index (χ3n) is 1.14. The lowest BCUT2D eigenvalue weighted by molar-refractivity contribution is -0.165. The van der Waals surface area contributed by atoms with Gasteiger partial charge in [0.05, 0.1) is 7.11 Å². The predicted octanol–water partition coefficient (Wildman–Crippen LogP) is 0.914. The number of carbonyl (C=O) groups is 2. The highest BCUT2D eigenvalue weighted by molar-refractivity contribution is 6.29. The van der Waals surface area contributed by atoms with E-state index in [-0.39, 0.29) is 6.61 Å². The SMILES string of the molecule is COC(=O)C(=O)OC/C=C/CC(F)F. The average Bonchev–Trinajstić information content (AvgIpc) is 2.15. The Kier molecular flexibility index (Phi) is 6.26. The van der Waals surface area contributed by atoms with Gasteiger partial charge in [0, 0.05) is 6.42 Å². The Morgan fingerprint density at radius 3 is 2.43 bits per heavy atom. The van der Waals surface area contributed by atoms with E-state index >= 15 is 0 Å². The first kappa shape index (κ1) is 12.5. The number of hydrogen-bond acceptors (Lipinski definition) is 4. The van der Waals surface area contributed by atoms with Crippen LogP contribution in [-0.4, -0.2) is 32.1 Å². The topological polar surface area (TPSA) is 52.6 Å². The van der Waals surface area contributed by atoms with E-state index in [2.05, 4.69) is 9.47 Å². The van der Waals surface area contributed by atoms with E-state index < -0.39 is 24.8 Å². The quantitative estimate of drug-likeness (QED) is 0.391. The maximum absolute atomic E-state index is 11.6. The zero-order valence-electron chi connectivity index (χ0n) is 7.54. The van der Waals surface area contributed by atoms with Gasteiger partial charge in [0.25, 0.3) is 0 Å². The first-order valence-electron chi connectivity index (χ1n) is 3.76. The van der Waals surface area contributed by atoms with Gasteiger partial charge in [0.15, 0.2) is 0 Å². The second-order valence-electron chi connectivity index (χ2n) is 2.19. The number of esters is 2. The van der Waals surface area contributed by atoms with Gasteiger partial charge in [0.1, 0.15) is 6.61 Å². The smallest absolute Gasteiger partial charge is 0.417 e. The molecule has 0 rings (SSSR count). The van der Waals surface area contributed by atoms with E-state index in [0.717, 1.165) is 13.2 Å². The minimum Gasteiger partial charge on any atom is -0.461 e. The largest absolute Gasteiger partial charge is 0.461 e. The number of ether oxygens (including phenoxy) is 2. The van der Waals surface area contributed by atoms with Gasteiger partial charge in [-0.05, 0) is 0 Å². The van der Waals surface area contributed by atoms with Gasteiger partial charge in [0.2, 0.25) is 6.43 Å². The zero-order valence-corrected chi connectivity index (χ0v) is 7.54. The van der Waals surface area contributed by atoms with Crippen molar-refractivity contribution in [1.29, 1.82) is 0 Å². The number of allylic oxidation sites excluding steroid dienone is 1. The van der Waals surface area contributed by atoms with Crippen LogP contribution in [0.5, 0.6) is 0 Å². The highest BCUT2D eigenvalue weighted by Crippen LogP contribution is 1.99. The van der Waals surface area contributed by atoms with Gasteiger partial charge < -0.3 is 9.47 Å². The van der Waals surface area contributed by atoms with Crippen LogP contribution in [-0.2, 0) is 19.1 Å². The molecule has 14 heavy (non-hydrogen) atoms. The molecular formula is C8H10F2O4. The van der Waals surface area contributed by atoms with E-state index in [1.807, 2.05) is 0 Å². The summed E-state index contributed by atoms with van der Waals surface area (Å²) in [5.74, 6) is -2.26. The summed E-state index contributed by atoms with van der Waals surface area (Å²) in [5, 5.41) is 0. The van der Waals surface area contributed by atoms with Crippen LogP contribution in [0.25, 0.3) is 0 Å². The molecule has 0 unspecified atom stereocenters. The molecule has 0 aliphatic carbocycles. The Hall–Kier alpha value is -1.46. The number of halogens is 2. The Morgan fingerprint density at radius 1 is 1.29 bits per heavy atom. The zero-order chi connectivity index (χ0) is 11.0. The summed E-state index contributed by atoms with van der Waals surface area (Å²) < 4.78 is 31.5. The number of rotatable bonds is 4. The predicted molar refractivity (Wildman–Crippen MR) is 42.7 cm³/mol. The molecule has 0 N–H and O–H groups in total. The molecule has 6 heteroatoms. The van der Waals surface area contributed by atoms with Gasteiger partial charge in [-0.2, -0.15) is 0 Å². The van der Waals surface area contributed by atoms with Gasteiger partial charge in [-0.3, -0.25) is 0 Å². The summed E-state index contributed by atoms with van der Waals surface area (Å²) in [6.45, 7) is -0.222. The van der Waals surface area contributed by atoms with Crippen LogP contribution in [0.1, 0.15) is 6.42 Å². The summed E-state index contributed by atoms with van der Waals surface area (Å²) >= 11 is 0. The number of methoxy groups -OCH3 is 1. The van der Waals surface area contributed by atoms with Crippen molar-refractivity contribution in [2.24, 2.45) is 0 Å². The van der Waals surface area contributed by atoms with Crippen molar-refractivity contribution in [3.05, 3.63) is 12.2 Å². The van der Waals surface area contributed by atoms with Crippen molar-refractivity contribution in [3.8, 4) is 0 Å². The Bertz CT molecular complexity index is 225. The van der Waals surface area contributed by atoms with Gasteiger partial charge in [-0.1, -0.05) is 12.2 Å². The highest BCUT2D eigenvalue weighted by Gasteiger charge is 2.13. The molecule has 0 amide bonds. The van der Waals surface area contributed by atoms with Crippen molar-refractivity contribution in [1.82, 2.24) is 0 Å². The fraction of sp³-hybridized carbons (Fsp3) is 0.500. The molecule has 0 radical (unpaired) electrons. The van der Waals surface area contributed by atoms with Crippen LogP contribution in [0.15, 0.2) is 12.2 Å². The molecule has 0 aromatic heterocycles. The van der Waals surface area contributed by atoms with Crippen molar-refractivity contribution >= 4 is 11.9 Å². The van der Waals surface area contributed by atoms with E-state index in [9.17, 15) is 18.4 Å². The minimum absolute atomic E-state index is 0.222. The van der Waals surface area contributed by atoms with Crippen molar-refractivity contribution in [2.75, 3.05) is 13.7 Å². The summed E-state index contributed by atoms with van der Waals surface area (Å²) in [7, 11) is 1.04. The molecule has 0 fully saturated rings. The number of carbonyl (C=O) groups excluding carboxylic acids is 2. The lowest BCUT2D eigenvalue weighted by Crippen LogP contribution is -2.18. The van der Waals surface area contributed by atoms with Crippen LogP contribution in [0.4, 0.5) is 8.78 Å². The van der Waals surface area contributed by atoms with Crippen molar-refractivity contribution < 1.29 is 27.8 Å². The summed E-state index contributed by atoms with van der Waals surface area (Å²) in [4.78, 5) is 21.0. The minimum atomic E-state index is -2.43. The molecule has 0 atom stereocenters. The molecule has 0 aromatic carbocycles. The summed E-state index contributed by atoms with van der Waals surface area (Å²) in [5.41, 5.74) is 0. The lowest BCUT2D eigenvalue weighted by atomic mass is 10.4. The molecule has 80 valence electrons. The normalized spacial score (nSPS) is 10.6. The summed E-state index contributed by atoms with van der Waals surface area (Å²) in [6.07, 6.45) is -0.444. The molecular weight excluding hydrogens is 198 g/mol. The van der Waals surface area contributed by atoms with Crippen LogP contribution < -0.4 is 0 Å². The molecule has 0 spiro atoms. The fourth-order valence-electron chi connectivity index (χ4n) is 0.533. The molecule has 0 aliphatic rings. The highest BCUT2D eigenvalue weighted by atomic mass is 19.3. The van der Waals surface area contributed by atoms with Gasteiger partial charge >= 0.3 is 11.9 Å². The molecule has 0 aliphatic heterocycles. The number of alkyl halides is 2. The van der Waals surface area contributed by atoms with Crippen LogP contribution in [0.2, 0.25) is 0 Å². The maximum atomic E-state index is 11.6. The maximum Gasteiger partial charge on any atom is 0.417 e. The van der Waals surface area contributed by atoms with E-state index in [4.69, 9.17) is 0 Å².